The molecule has 0 N–H and O–H groups in total. The minimum absolute atomic E-state index is 0.143. The summed E-state index contributed by atoms with van der Waals surface area (Å²) in [7, 11) is 1.56. The van der Waals surface area contributed by atoms with Crippen molar-refractivity contribution in [2.24, 2.45) is 0 Å². The molecule has 0 saturated heterocycles. The zero-order valence-electron chi connectivity index (χ0n) is 7.56. The third-order valence-electron chi connectivity index (χ3n) is 2.41. The van der Waals surface area contributed by atoms with E-state index in [4.69, 9.17) is 4.74 Å². The Morgan fingerprint density at radius 3 is 2.64 bits per heavy atom. The second-order valence-corrected chi connectivity index (χ2v) is 7.27. The first-order chi connectivity index (χ1) is 6.56. The molecule has 0 bridgehead atoms. The molecule has 1 fully saturated rings. The van der Waals surface area contributed by atoms with Gasteiger partial charge >= 0.3 is 0 Å². The van der Waals surface area contributed by atoms with Crippen LogP contribution in [0.4, 0.5) is 4.39 Å². The van der Waals surface area contributed by atoms with Crippen LogP contribution in [0.3, 0.4) is 0 Å². The van der Waals surface area contributed by atoms with Gasteiger partial charge in [0.2, 0.25) is 0 Å². The summed E-state index contributed by atoms with van der Waals surface area (Å²) in [5.41, 5.74) is 0.656. The molecule has 1 unspecified atom stereocenters. The lowest BCUT2D eigenvalue weighted by molar-refractivity contribution is 0.404. The fourth-order valence-electron chi connectivity index (χ4n) is 1.56. The number of benzene rings is 1. The first kappa shape index (κ1) is 10.4. The van der Waals surface area contributed by atoms with Gasteiger partial charge in [-0.05, 0) is 18.6 Å². The van der Waals surface area contributed by atoms with E-state index in [-0.39, 0.29) is 15.0 Å². The SMILES string of the molecule is COc1cccc(F)c1C1CC1(Br)Br. The van der Waals surface area contributed by atoms with Gasteiger partial charge in [0.25, 0.3) is 0 Å². The maximum absolute atomic E-state index is 13.5. The van der Waals surface area contributed by atoms with E-state index in [0.717, 1.165) is 6.42 Å². The van der Waals surface area contributed by atoms with Crippen molar-refractivity contribution in [2.45, 2.75) is 15.6 Å². The molecule has 1 aliphatic rings. The molecule has 1 nitrogen and oxygen atoms in total. The van der Waals surface area contributed by atoms with Crippen LogP contribution in [0.15, 0.2) is 18.2 Å². The summed E-state index contributed by atoms with van der Waals surface area (Å²) >= 11 is 6.96. The van der Waals surface area contributed by atoms with Crippen molar-refractivity contribution in [3.8, 4) is 5.75 Å². The van der Waals surface area contributed by atoms with Crippen LogP contribution < -0.4 is 4.74 Å². The van der Waals surface area contributed by atoms with E-state index in [1.165, 1.54) is 6.07 Å². The van der Waals surface area contributed by atoms with Crippen molar-refractivity contribution in [3.63, 3.8) is 0 Å². The fraction of sp³-hybridized carbons (Fsp3) is 0.400. The van der Waals surface area contributed by atoms with Crippen LogP contribution in [0.1, 0.15) is 17.9 Å². The maximum atomic E-state index is 13.5. The van der Waals surface area contributed by atoms with E-state index < -0.39 is 0 Å². The average Bonchev–Trinajstić information content (AvgIpc) is 2.74. The van der Waals surface area contributed by atoms with E-state index in [2.05, 4.69) is 31.9 Å². The quantitative estimate of drug-likeness (QED) is 0.752. The number of rotatable bonds is 2. The predicted octanol–water partition coefficient (Wildman–Crippen LogP) is 3.81. The molecule has 1 aromatic rings. The highest BCUT2D eigenvalue weighted by molar-refractivity contribution is 9.25. The Morgan fingerprint density at radius 1 is 1.50 bits per heavy atom. The van der Waals surface area contributed by atoms with Crippen molar-refractivity contribution in [1.29, 1.82) is 0 Å². The Morgan fingerprint density at radius 2 is 2.14 bits per heavy atom. The summed E-state index contributed by atoms with van der Waals surface area (Å²) in [6.45, 7) is 0. The number of halogens is 3. The second kappa shape index (κ2) is 3.49. The molecule has 14 heavy (non-hydrogen) atoms. The third kappa shape index (κ3) is 1.70. The highest BCUT2D eigenvalue weighted by atomic mass is 79.9. The summed E-state index contributed by atoms with van der Waals surface area (Å²) in [6, 6.07) is 4.91. The number of methoxy groups -OCH3 is 1. The lowest BCUT2D eigenvalue weighted by Crippen LogP contribution is -1.97. The Balaban J connectivity index is 2.42. The molecule has 0 aliphatic heterocycles. The Hall–Kier alpha value is -0.0900. The van der Waals surface area contributed by atoms with Crippen molar-refractivity contribution in [1.82, 2.24) is 0 Å². The first-order valence-corrected chi connectivity index (χ1v) is 5.85. The molecular formula is C10H9Br2FO. The molecule has 0 aromatic heterocycles. The largest absolute Gasteiger partial charge is 0.496 e. The molecule has 0 amide bonds. The predicted molar refractivity (Wildman–Crippen MR) is 60.9 cm³/mol. The molecule has 4 heteroatoms. The lowest BCUT2D eigenvalue weighted by atomic mass is 10.1. The smallest absolute Gasteiger partial charge is 0.130 e. The highest BCUT2D eigenvalue weighted by Gasteiger charge is 2.53. The van der Waals surface area contributed by atoms with Crippen molar-refractivity contribution in [3.05, 3.63) is 29.6 Å². The topological polar surface area (TPSA) is 9.23 Å². The molecule has 0 radical (unpaired) electrons. The van der Waals surface area contributed by atoms with E-state index in [0.29, 0.717) is 11.3 Å². The van der Waals surface area contributed by atoms with Gasteiger partial charge in [0, 0.05) is 11.5 Å². The molecule has 1 atom stereocenters. The molecule has 1 aliphatic carbocycles. The van der Waals surface area contributed by atoms with E-state index in [9.17, 15) is 4.39 Å². The highest BCUT2D eigenvalue weighted by Crippen LogP contribution is 2.63. The summed E-state index contributed by atoms with van der Waals surface area (Å²) < 4.78 is 18.5. The number of alkyl halides is 2. The summed E-state index contributed by atoms with van der Waals surface area (Å²) in [5, 5.41) is 0. The Bertz CT molecular complexity index is 365. The van der Waals surface area contributed by atoms with Gasteiger partial charge in [0.15, 0.2) is 0 Å². The number of hydrogen-bond donors (Lipinski definition) is 0. The van der Waals surface area contributed by atoms with Gasteiger partial charge in [0.1, 0.15) is 11.6 Å². The van der Waals surface area contributed by atoms with Crippen LogP contribution in [0, 0.1) is 5.82 Å². The minimum Gasteiger partial charge on any atom is -0.496 e. The van der Waals surface area contributed by atoms with Gasteiger partial charge in [-0.2, -0.15) is 0 Å². The van der Waals surface area contributed by atoms with Gasteiger partial charge < -0.3 is 4.74 Å². The number of ether oxygens (including phenoxy) is 1. The van der Waals surface area contributed by atoms with E-state index >= 15 is 0 Å². The standard InChI is InChI=1S/C10H9Br2FO/c1-14-8-4-2-3-7(13)9(8)6-5-10(6,11)12/h2-4,6H,5H2,1H3. The van der Waals surface area contributed by atoms with Gasteiger partial charge in [-0.15, -0.1) is 0 Å². The zero-order valence-corrected chi connectivity index (χ0v) is 10.7. The second-order valence-electron chi connectivity index (χ2n) is 3.37. The number of hydrogen-bond acceptors (Lipinski definition) is 1. The summed E-state index contributed by atoms with van der Waals surface area (Å²) in [4.78, 5) is 0. The third-order valence-corrected chi connectivity index (χ3v) is 4.16. The Labute approximate surface area is 98.9 Å². The van der Waals surface area contributed by atoms with Crippen LogP contribution in [-0.4, -0.2) is 10.3 Å². The molecule has 76 valence electrons. The van der Waals surface area contributed by atoms with Gasteiger partial charge in [0.05, 0.1) is 10.3 Å². The summed E-state index contributed by atoms with van der Waals surface area (Å²) in [6.07, 6.45) is 0.879. The monoisotopic (exact) mass is 322 g/mol. The molecule has 0 heterocycles. The Kier molecular flexibility index (Phi) is 2.60. The van der Waals surface area contributed by atoms with Gasteiger partial charge in [-0.1, -0.05) is 37.9 Å². The van der Waals surface area contributed by atoms with Gasteiger partial charge in [-0.25, -0.2) is 4.39 Å². The first-order valence-electron chi connectivity index (χ1n) is 4.26. The van der Waals surface area contributed by atoms with Crippen LogP contribution in [0.25, 0.3) is 0 Å². The van der Waals surface area contributed by atoms with E-state index in [1.54, 1.807) is 19.2 Å². The molecule has 1 saturated carbocycles. The molecule has 0 spiro atoms. The van der Waals surface area contributed by atoms with Crippen LogP contribution in [-0.2, 0) is 0 Å². The fourth-order valence-corrected chi connectivity index (χ4v) is 2.67. The lowest BCUT2D eigenvalue weighted by Gasteiger charge is -2.09. The average molecular weight is 324 g/mol. The zero-order chi connectivity index (χ0) is 10.3. The normalized spacial score (nSPS) is 23.3. The van der Waals surface area contributed by atoms with E-state index in [1.807, 2.05) is 0 Å². The minimum atomic E-state index is -0.199. The van der Waals surface area contributed by atoms with Crippen LogP contribution >= 0.6 is 31.9 Å². The van der Waals surface area contributed by atoms with Gasteiger partial charge in [-0.3, -0.25) is 0 Å². The molecule has 2 rings (SSSR count). The van der Waals surface area contributed by atoms with Crippen molar-refractivity contribution in [2.75, 3.05) is 7.11 Å². The van der Waals surface area contributed by atoms with Crippen molar-refractivity contribution >= 4 is 31.9 Å². The molecule has 1 aromatic carbocycles. The van der Waals surface area contributed by atoms with Crippen LogP contribution in [0.2, 0.25) is 0 Å². The van der Waals surface area contributed by atoms with Crippen LogP contribution in [0.5, 0.6) is 5.75 Å². The molecular weight excluding hydrogens is 315 g/mol. The maximum Gasteiger partial charge on any atom is 0.130 e. The van der Waals surface area contributed by atoms with Crippen molar-refractivity contribution < 1.29 is 9.13 Å². The summed E-state index contributed by atoms with van der Waals surface area (Å²) in [5.74, 6) is 0.574.